The first-order valence-electron chi connectivity index (χ1n) is 9.00. The first-order chi connectivity index (χ1) is 14.2. The number of benzene rings is 2. The topological polar surface area (TPSA) is 75.2 Å². The zero-order valence-electron chi connectivity index (χ0n) is 16.3. The highest BCUT2D eigenvalue weighted by molar-refractivity contribution is 7.99. The van der Waals surface area contributed by atoms with E-state index >= 15 is 0 Å². The second kappa shape index (κ2) is 8.40. The summed E-state index contributed by atoms with van der Waals surface area (Å²) in [6.07, 6.45) is 3.70. The van der Waals surface area contributed by atoms with Crippen molar-refractivity contribution >= 4 is 11.8 Å². The smallest absolute Gasteiger partial charge is 0.247 e. The summed E-state index contributed by atoms with van der Waals surface area (Å²) < 4.78 is 18.3. The second-order valence-corrected chi connectivity index (χ2v) is 7.52. The largest absolute Gasteiger partial charge is 0.497 e. The maximum Gasteiger partial charge on any atom is 0.247 e. The van der Waals surface area contributed by atoms with Crippen molar-refractivity contribution in [2.24, 2.45) is 0 Å². The molecule has 0 fully saturated rings. The molecule has 2 aromatic heterocycles. The van der Waals surface area contributed by atoms with Gasteiger partial charge in [0.1, 0.15) is 11.5 Å². The molecule has 148 valence electrons. The molecule has 0 aliphatic rings. The van der Waals surface area contributed by atoms with E-state index in [1.54, 1.807) is 32.2 Å². The Morgan fingerprint density at radius 1 is 0.931 bits per heavy atom. The second-order valence-electron chi connectivity index (χ2n) is 6.21. The lowest BCUT2D eigenvalue weighted by molar-refractivity contribution is 0.414. The minimum absolute atomic E-state index is 0.0612. The lowest BCUT2D eigenvalue weighted by atomic mass is 10.2. The van der Waals surface area contributed by atoms with Crippen molar-refractivity contribution in [1.29, 1.82) is 0 Å². The molecule has 2 heterocycles. The average molecular weight is 408 g/mol. The first kappa shape index (κ1) is 19.1. The lowest BCUT2D eigenvalue weighted by Gasteiger charge is -2.10. The molecule has 0 bridgehead atoms. The van der Waals surface area contributed by atoms with Crippen molar-refractivity contribution < 1.29 is 13.9 Å². The molecule has 8 heteroatoms. The van der Waals surface area contributed by atoms with Crippen LogP contribution in [0.1, 0.15) is 18.1 Å². The van der Waals surface area contributed by atoms with Crippen LogP contribution in [0.25, 0.3) is 17.1 Å². The maximum absolute atomic E-state index is 5.89. The number of hydrogen-bond donors (Lipinski definition) is 0. The Labute approximate surface area is 172 Å². The number of thioether (sulfide) groups is 1. The van der Waals surface area contributed by atoms with Gasteiger partial charge in [-0.1, -0.05) is 11.8 Å². The van der Waals surface area contributed by atoms with Crippen molar-refractivity contribution in [3.63, 3.8) is 0 Å². The van der Waals surface area contributed by atoms with E-state index in [0.29, 0.717) is 11.8 Å². The molecule has 7 nitrogen and oxygen atoms in total. The highest BCUT2D eigenvalue weighted by Crippen LogP contribution is 2.35. The van der Waals surface area contributed by atoms with Crippen LogP contribution in [-0.4, -0.2) is 34.0 Å². The fourth-order valence-electron chi connectivity index (χ4n) is 2.77. The molecule has 0 unspecified atom stereocenters. The van der Waals surface area contributed by atoms with Crippen LogP contribution in [0.3, 0.4) is 0 Å². The maximum atomic E-state index is 5.89. The molecule has 4 aromatic rings. The quantitative estimate of drug-likeness (QED) is 0.407. The van der Waals surface area contributed by atoms with E-state index < -0.39 is 0 Å². The van der Waals surface area contributed by atoms with Crippen molar-refractivity contribution in [3.05, 3.63) is 66.8 Å². The van der Waals surface area contributed by atoms with Gasteiger partial charge < -0.3 is 13.9 Å². The molecule has 0 radical (unpaired) electrons. The third-order valence-corrected chi connectivity index (χ3v) is 5.43. The molecule has 0 saturated carbocycles. The van der Waals surface area contributed by atoms with Crippen LogP contribution in [0.4, 0.5) is 0 Å². The molecule has 0 amide bonds. The molecule has 0 aliphatic carbocycles. The Balaban J connectivity index is 1.51. The standard InChI is InChI=1S/C21H20N4O3S/c1-14(19-23-24-20(28-19)15-4-8-17(26-2)9-5-15)29-21-22-12-13-25(21)16-6-10-18(27-3)11-7-16/h4-14H,1-3H3/t14-/m0/s1. The lowest BCUT2D eigenvalue weighted by Crippen LogP contribution is -1.97. The zero-order valence-corrected chi connectivity index (χ0v) is 17.1. The van der Waals surface area contributed by atoms with Crippen LogP contribution in [0.2, 0.25) is 0 Å². The van der Waals surface area contributed by atoms with E-state index in [-0.39, 0.29) is 5.25 Å². The summed E-state index contributed by atoms with van der Waals surface area (Å²) >= 11 is 1.55. The van der Waals surface area contributed by atoms with Gasteiger partial charge in [-0.05, 0) is 55.5 Å². The van der Waals surface area contributed by atoms with E-state index in [4.69, 9.17) is 13.9 Å². The van der Waals surface area contributed by atoms with Gasteiger partial charge in [0.15, 0.2) is 5.16 Å². The van der Waals surface area contributed by atoms with Crippen LogP contribution in [-0.2, 0) is 0 Å². The summed E-state index contributed by atoms with van der Waals surface area (Å²) in [4.78, 5) is 4.48. The van der Waals surface area contributed by atoms with Crippen LogP contribution in [0.15, 0.2) is 70.5 Å². The van der Waals surface area contributed by atoms with Gasteiger partial charge in [-0.3, -0.25) is 4.57 Å². The number of nitrogens with zero attached hydrogens (tertiary/aromatic N) is 4. The summed E-state index contributed by atoms with van der Waals surface area (Å²) in [6, 6.07) is 15.3. The number of imidazole rings is 1. The third kappa shape index (κ3) is 4.12. The Kier molecular flexibility index (Phi) is 5.53. The van der Waals surface area contributed by atoms with Gasteiger partial charge in [0.05, 0.1) is 19.5 Å². The van der Waals surface area contributed by atoms with Crippen LogP contribution in [0.5, 0.6) is 11.5 Å². The number of methoxy groups -OCH3 is 2. The van der Waals surface area contributed by atoms with Crippen molar-refractivity contribution in [3.8, 4) is 28.6 Å². The highest BCUT2D eigenvalue weighted by Gasteiger charge is 2.19. The third-order valence-electron chi connectivity index (χ3n) is 4.36. The SMILES string of the molecule is COc1ccc(-c2nnc([C@H](C)Sc3nccn3-c3ccc(OC)cc3)o2)cc1. The summed E-state index contributed by atoms with van der Waals surface area (Å²) in [5.74, 6) is 2.62. The molecule has 0 N–H and O–H groups in total. The minimum atomic E-state index is -0.0612. The molecule has 2 aromatic carbocycles. The molecule has 0 aliphatic heterocycles. The first-order valence-corrected chi connectivity index (χ1v) is 9.88. The van der Waals surface area contributed by atoms with E-state index in [0.717, 1.165) is 27.9 Å². The van der Waals surface area contributed by atoms with Gasteiger partial charge in [0, 0.05) is 23.6 Å². The molecule has 0 spiro atoms. The molecular formula is C21H20N4O3S. The fourth-order valence-corrected chi connectivity index (χ4v) is 3.69. The van der Waals surface area contributed by atoms with E-state index in [2.05, 4.69) is 15.2 Å². The van der Waals surface area contributed by atoms with Crippen LogP contribution >= 0.6 is 11.8 Å². The van der Waals surface area contributed by atoms with Crippen LogP contribution < -0.4 is 9.47 Å². The van der Waals surface area contributed by atoms with E-state index in [9.17, 15) is 0 Å². The van der Waals surface area contributed by atoms with Gasteiger partial charge in [-0.15, -0.1) is 10.2 Å². The van der Waals surface area contributed by atoms with Crippen molar-refractivity contribution in [2.75, 3.05) is 14.2 Å². The van der Waals surface area contributed by atoms with E-state index in [1.807, 2.05) is 66.2 Å². The van der Waals surface area contributed by atoms with Gasteiger partial charge in [-0.25, -0.2) is 4.98 Å². The summed E-state index contributed by atoms with van der Waals surface area (Å²) in [7, 11) is 3.29. The van der Waals surface area contributed by atoms with E-state index in [1.165, 1.54) is 0 Å². The van der Waals surface area contributed by atoms with Gasteiger partial charge in [-0.2, -0.15) is 0 Å². The number of aromatic nitrogens is 4. The zero-order chi connectivity index (χ0) is 20.2. The van der Waals surface area contributed by atoms with Gasteiger partial charge in [0.25, 0.3) is 0 Å². The predicted octanol–water partition coefficient (Wildman–Crippen LogP) is 4.79. The Hall–Kier alpha value is -3.26. The predicted molar refractivity (Wildman–Crippen MR) is 111 cm³/mol. The van der Waals surface area contributed by atoms with Crippen molar-refractivity contribution in [1.82, 2.24) is 19.7 Å². The monoisotopic (exact) mass is 408 g/mol. The number of hydrogen-bond acceptors (Lipinski definition) is 7. The van der Waals surface area contributed by atoms with Gasteiger partial charge >= 0.3 is 0 Å². The summed E-state index contributed by atoms with van der Waals surface area (Å²) in [5.41, 5.74) is 1.85. The molecule has 1 atom stereocenters. The Bertz CT molecular complexity index is 1070. The van der Waals surface area contributed by atoms with Crippen LogP contribution in [0, 0.1) is 0 Å². The molecular weight excluding hydrogens is 388 g/mol. The molecule has 0 saturated heterocycles. The number of rotatable bonds is 7. The number of ether oxygens (including phenoxy) is 2. The Morgan fingerprint density at radius 3 is 2.24 bits per heavy atom. The normalized spacial score (nSPS) is 12.0. The average Bonchev–Trinajstić information content (AvgIpc) is 3.44. The highest BCUT2D eigenvalue weighted by atomic mass is 32.2. The molecule has 4 rings (SSSR count). The fraction of sp³-hybridized carbons (Fsp3) is 0.190. The summed E-state index contributed by atoms with van der Waals surface area (Å²) in [6.45, 7) is 2.02. The minimum Gasteiger partial charge on any atom is -0.497 e. The van der Waals surface area contributed by atoms with Crippen molar-refractivity contribution in [2.45, 2.75) is 17.3 Å². The van der Waals surface area contributed by atoms with Gasteiger partial charge in [0.2, 0.25) is 11.8 Å². The Morgan fingerprint density at radius 2 is 1.59 bits per heavy atom. The molecule has 29 heavy (non-hydrogen) atoms. The summed E-state index contributed by atoms with van der Waals surface area (Å²) in [5, 5.41) is 9.18.